The minimum atomic E-state index is -0.982. The molecule has 5 heterocycles. The van der Waals surface area contributed by atoms with Crippen LogP contribution in [0.15, 0.2) is 233 Å². The molecule has 5 aromatic carbocycles. The monoisotopic (exact) mass is 1320 g/mol. The molecule has 5 aromatic heterocycles. The van der Waals surface area contributed by atoms with Crippen molar-refractivity contribution in [2.75, 3.05) is 29.2 Å². The van der Waals surface area contributed by atoms with Crippen molar-refractivity contribution in [3.05, 3.63) is 255 Å². The molecular formula is C65H55Br2N3O18. The first-order valence-corrected chi connectivity index (χ1v) is 27.9. The quantitative estimate of drug-likeness (QED) is 0.0435. The van der Waals surface area contributed by atoms with Crippen molar-refractivity contribution >= 4 is 96.5 Å². The topological polar surface area (TPSA) is 317 Å². The molecular weight excluding hydrogens is 1270 g/mol. The number of carboxylic acids is 3. The Balaban J connectivity index is 0.000000186. The average molecular weight is 1330 g/mol. The molecule has 0 atom stereocenters. The van der Waals surface area contributed by atoms with E-state index in [4.69, 9.17) is 38.0 Å². The predicted molar refractivity (Wildman–Crippen MR) is 329 cm³/mol. The fourth-order valence-electron chi connectivity index (χ4n) is 7.32. The molecule has 21 nitrogen and oxygen atoms in total. The molecule has 23 heteroatoms. The van der Waals surface area contributed by atoms with Crippen molar-refractivity contribution in [3.8, 4) is 22.6 Å². The Kier molecular flexibility index (Phi) is 25.8. The molecule has 0 saturated heterocycles. The van der Waals surface area contributed by atoms with E-state index in [1.165, 1.54) is 49.7 Å². The van der Waals surface area contributed by atoms with E-state index >= 15 is 0 Å². The number of halogens is 2. The third kappa shape index (κ3) is 22.3. The minimum absolute atomic E-state index is 0.0452. The number of furan rings is 5. The van der Waals surface area contributed by atoms with Crippen molar-refractivity contribution in [3.63, 3.8) is 0 Å². The van der Waals surface area contributed by atoms with Crippen LogP contribution >= 0.6 is 31.9 Å². The highest BCUT2D eigenvalue weighted by Crippen LogP contribution is 2.25. The van der Waals surface area contributed by atoms with Crippen molar-refractivity contribution in [2.24, 2.45) is 0 Å². The smallest absolute Gasteiger partial charge is 0.339 e. The fraction of sp³-hybridized carbons (Fsp3) is 0.108. The number of anilines is 3. The number of esters is 2. The standard InChI is InChI=1S/C21H19NO4.C19H15NO4.C15H14BrNO4.C5H3BrO3.C5H4O3/c1-2-25-20(23)12-15-8-10-18(11-9-15)22-21(24)17-13-19(26-14-17)16-6-4-3-5-7-16;21-18(22)10-13-6-8-16(9-7-13)20-19(23)15-11-17(24-12-15)14-4-2-1-3-5-14;1-2-20-14(18)7-10-3-5-12(6-4-10)17-15(19)11-8-13(16)21-9-11;6-4-1-3(2-9-4)5(7)8;6-5(7)4-1-2-8-3-4/h3-11,13-14H,2,12H2,1H3,(H,22,24);1-9,11-12H,10H2,(H,20,23)(H,21,22);3-6,8-9H,2,7H2,1H3,(H,17,19);1-2H,(H,7,8);1-3H,(H,6,7). The van der Waals surface area contributed by atoms with Crippen LogP contribution in [0.1, 0.15) is 82.3 Å². The van der Waals surface area contributed by atoms with Crippen LogP contribution in [0, 0.1) is 0 Å². The second kappa shape index (κ2) is 34.2. The van der Waals surface area contributed by atoms with Gasteiger partial charge in [0.05, 0.1) is 66.6 Å². The summed E-state index contributed by atoms with van der Waals surface area (Å²) in [4.78, 5) is 90.2. The molecule has 88 heavy (non-hydrogen) atoms. The maximum atomic E-state index is 12.4. The van der Waals surface area contributed by atoms with E-state index in [1.54, 1.807) is 105 Å². The third-order valence-electron chi connectivity index (χ3n) is 11.6. The number of benzene rings is 5. The van der Waals surface area contributed by atoms with Gasteiger partial charge in [-0.05, 0) is 117 Å². The van der Waals surface area contributed by atoms with Gasteiger partial charge in [-0.15, -0.1) is 0 Å². The number of hydrogen-bond acceptors (Lipinski definition) is 15. The number of aliphatic carboxylic acids is 1. The summed E-state index contributed by atoms with van der Waals surface area (Å²) in [6.45, 7) is 4.27. The van der Waals surface area contributed by atoms with Crippen LogP contribution in [0.4, 0.5) is 17.1 Å². The molecule has 0 saturated carbocycles. The van der Waals surface area contributed by atoms with Crippen LogP contribution < -0.4 is 16.0 Å². The maximum absolute atomic E-state index is 12.4. The van der Waals surface area contributed by atoms with Gasteiger partial charge in [0.15, 0.2) is 9.34 Å². The number of hydrogen-bond donors (Lipinski definition) is 6. The zero-order valence-corrected chi connectivity index (χ0v) is 50.0. The van der Waals surface area contributed by atoms with Gasteiger partial charge in [-0.2, -0.15) is 0 Å². The zero-order chi connectivity index (χ0) is 63.4. The lowest BCUT2D eigenvalue weighted by atomic mass is 10.1. The summed E-state index contributed by atoms with van der Waals surface area (Å²) in [6, 6.07) is 47.7. The number of aromatic carboxylic acids is 2. The maximum Gasteiger partial charge on any atom is 0.339 e. The number of nitrogens with one attached hydrogen (secondary N) is 3. The van der Waals surface area contributed by atoms with Crippen LogP contribution in [-0.2, 0) is 43.1 Å². The van der Waals surface area contributed by atoms with E-state index in [0.717, 1.165) is 22.3 Å². The highest BCUT2D eigenvalue weighted by atomic mass is 79.9. The Morgan fingerprint density at radius 2 is 0.761 bits per heavy atom. The number of carboxylic acid groups (broad SMARTS) is 3. The Bertz CT molecular complexity index is 3870. The Morgan fingerprint density at radius 1 is 0.409 bits per heavy atom. The molecule has 0 aliphatic rings. The molecule has 10 rings (SSSR count). The lowest BCUT2D eigenvalue weighted by molar-refractivity contribution is -0.143. The summed E-state index contributed by atoms with van der Waals surface area (Å²) in [5.74, 6) is -2.91. The summed E-state index contributed by atoms with van der Waals surface area (Å²) in [5.41, 5.74) is 7.66. The molecule has 0 unspecified atom stereocenters. The van der Waals surface area contributed by atoms with Gasteiger partial charge < -0.3 is 62.8 Å². The largest absolute Gasteiger partial charge is 0.481 e. The molecule has 0 aliphatic carbocycles. The predicted octanol–water partition coefficient (Wildman–Crippen LogP) is 14.2. The van der Waals surface area contributed by atoms with Crippen molar-refractivity contribution in [2.45, 2.75) is 33.1 Å². The first kappa shape index (κ1) is 66.4. The Hall–Kier alpha value is -10.8. The lowest BCUT2D eigenvalue weighted by Crippen LogP contribution is -2.11. The summed E-state index contributed by atoms with van der Waals surface area (Å²) in [7, 11) is 0. The van der Waals surface area contributed by atoms with E-state index in [-0.39, 0.29) is 60.0 Å². The van der Waals surface area contributed by atoms with E-state index in [1.807, 2.05) is 60.7 Å². The van der Waals surface area contributed by atoms with Crippen LogP contribution in [0.5, 0.6) is 0 Å². The highest BCUT2D eigenvalue weighted by Gasteiger charge is 2.15. The summed E-state index contributed by atoms with van der Waals surface area (Å²) < 4.78 is 35.8. The van der Waals surface area contributed by atoms with Gasteiger partial charge >= 0.3 is 29.8 Å². The van der Waals surface area contributed by atoms with Crippen LogP contribution in [0.3, 0.4) is 0 Å². The van der Waals surface area contributed by atoms with E-state index in [0.29, 0.717) is 73.4 Å². The van der Waals surface area contributed by atoms with Crippen LogP contribution in [0.25, 0.3) is 22.6 Å². The number of carbonyl (C=O) groups excluding carboxylic acids is 5. The third-order valence-corrected chi connectivity index (χ3v) is 12.4. The summed E-state index contributed by atoms with van der Waals surface area (Å²) in [6.07, 6.45) is 8.29. The van der Waals surface area contributed by atoms with E-state index in [9.17, 15) is 38.4 Å². The minimum Gasteiger partial charge on any atom is -0.481 e. The SMILES string of the molecule is CCOC(=O)Cc1ccc(NC(=O)c2coc(-c3ccccc3)c2)cc1.CCOC(=O)Cc1ccc(NC(=O)c2coc(Br)c2)cc1.O=C(O)Cc1ccc(NC(=O)c2coc(-c3ccccc3)c2)cc1.O=C(O)c1ccoc1.O=C(O)c1coc(Br)c1. The second-order valence-corrected chi connectivity index (χ2v) is 19.6. The fourth-order valence-corrected chi connectivity index (χ4v) is 8.00. The van der Waals surface area contributed by atoms with Crippen LogP contribution in [0.2, 0.25) is 0 Å². The molecule has 0 aliphatic heterocycles. The highest BCUT2D eigenvalue weighted by molar-refractivity contribution is 9.10. The van der Waals surface area contributed by atoms with Gasteiger partial charge in [0.25, 0.3) is 17.7 Å². The van der Waals surface area contributed by atoms with Gasteiger partial charge in [-0.25, -0.2) is 9.59 Å². The van der Waals surface area contributed by atoms with Crippen molar-refractivity contribution < 1.29 is 85.2 Å². The molecule has 6 N–H and O–H groups in total. The molecule has 0 fully saturated rings. The summed E-state index contributed by atoms with van der Waals surface area (Å²) in [5, 5.41) is 33.6. The van der Waals surface area contributed by atoms with Gasteiger partial charge in [0.2, 0.25) is 0 Å². The lowest BCUT2D eigenvalue weighted by Gasteiger charge is -2.05. The average Bonchev–Trinajstić information content (AvgIpc) is 4.61. The van der Waals surface area contributed by atoms with E-state index in [2.05, 4.69) is 56.6 Å². The summed E-state index contributed by atoms with van der Waals surface area (Å²) >= 11 is 6.11. The first-order valence-electron chi connectivity index (χ1n) is 26.3. The number of amides is 3. The van der Waals surface area contributed by atoms with E-state index < -0.39 is 17.9 Å². The van der Waals surface area contributed by atoms with Crippen molar-refractivity contribution in [1.29, 1.82) is 0 Å². The van der Waals surface area contributed by atoms with Gasteiger partial charge in [0.1, 0.15) is 42.8 Å². The number of rotatable bonds is 18. The van der Waals surface area contributed by atoms with Gasteiger partial charge in [0, 0.05) is 40.3 Å². The van der Waals surface area contributed by atoms with Gasteiger partial charge in [-0.3, -0.25) is 28.8 Å². The number of carbonyl (C=O) groups is 8. The van der Waals surface area contributed by atoms with Crippen molar-refractivity contribution in [1.82, 2.24) is 0 Å². The molecule has 0 spiro atoms. The first-order chi connectivity index (χ1) is 42.3. The van der Waals surface area contributed by atoms with Gasteiger partial charge in [-0.1, -0.05) is 97.1 Å². The molecule has 0 radical (unpaired) electrons. The second-order valence-electron chi connectivity index (χ2n) is 18.0. The molecule has 452 valence electrons. The molecule has 3 amide bonds. The number of ether oxygens (including phenoxy) is 2. The normalized spacial score (nSPS) is 10.1. The van der Waals surface area contributed by atoms with Crippen LogP contribution in [-0.4, -0.2) is 76.1 Å². The Morgan fingerprint density at radius 3 is 1.06 bits per heavy atom. The molecule has 10 aromatic rings. The molecule has 0 bridgehead atoms. The Labute approximate surface area is 519 Å². The zero-order valence-electron chi connectivity index (χ0n) is 46.8.